The van der Waals surface area contributed by atoms with Crippen molar-refractivity contribution in [3.63, 3.8) is 0 Å². The summed E-state index contributed by atoms with van der Waals surface area (Å²) in [7, 11) is 0. The number of hydrogen-bond acceptors (Lipinski definition) is 4. The molecule has 22 heavy (non-hydrogen) atoms. The van der Waals surface area contributed by atoms with E-state index in [0.29, 0.717) is 26.1 Å². The van der Waals surface area contributed by atoms with Gasteiger partial charge in [-0.1, -0.05) is 64.7 Å². The molecule has 0 radical (unpaired) electrons. The van der Waals surface area contributed by atoms with Crippen LogP contribution in [0.4, 0.5) is 0 Å². The van der Waals surface area contributed by atoms with Crippen LogP contribution in [-0.4, -0.2) is 47.3 Å². The first-order chi connectivity index (χ1) is 10.7. The van der Waals surface area contributed by atoms with Crippen LogP contribution in [0, 0.1) is 0 Å². The Kier molecular flexibility index (Phi) is 17.1. The van der Waals surface area contributed by atoms with Gasteiger partial charge in [0.25, 0.3) is 0 Å². The van der Waals surface area contributed by atoms with Crippen molar-refractivity contribution in [2.75, 3.05) is 19.8 Å². The van der Waals surface area contributed by atoms with E-state index in [9.17, 15) is 10.2 Å². The lowest BCUT2D eigenvalue weighted by molar-refractivity contribution is 0.0164. The predicted octanol–water partition coefficient (Wildman–Crippen LogP) is 3.42. The molecule has 0 rings (SSSR count). The van der Waals surface area contributed by atoms with Crippen LogP contribution < -0.4 is 0 Å². The topological polar surface area (TPSA) is 69.9 Å². The third-order valence-corrected chi connectivity index (χ3v) is 4.00. The fourth-order valence-electron chi connectivity index (χ4n) is 2.47. The second-order valence-corrected chi connectivity index (χ2v) is 6.32. The third-order valence-electron chi connectivity index (χ3n) is 4.00. The second-order valence-electron chi connectivity index (χ2n) is 6.32. The summed E-state index contributed by atoms with van der Waals surface area (Å²) in [5, 5.41) is 27.5. The fraction of sp³-hybridized carbons (Fsp3) is 1.00. The summed E-state index contributed by atoms with van der Waals surface area (Å²) in [4.78, 5) is 0. The van der Waals surface area contributed by atoms with Crippen LogP contribution in [0.25, 0.3) is 0 Å². The van der Waals surface area contributed by atoms with Gasteiger partial charge in [-0.15, -0.1) is 0 Å². The third kappa shape index (κ3) is 16.2. The molecule has 0 aromatic heterocycles. The Morgan fingerprint density at radius 2 is 1.23 bits per heavy atom. The van der Waals surface area contributed by atoms with Gasteiger partial charge in [-0.3, -0.25) is 0 Å². The van der Waals surface area contributed by atoms with Crippen molar-refractivity contribution >= 4 is 0 Å². The zero-order valence-electron chi connectivity index (χ0n) is 14.5. The maximum Gasteiger partial charge on any atom is 0.0774 e. The molecule has 2 unspecified atom stereocenters. The van der Waals surface area contributed by atoms with E-state index in [-0.39, 0.29) is 6.61 Å². The molecule has 4 heteroatoms. The highest BCUT2D eigenvalue weighted by Crippen LogP contribution is 2.10. The fourth-order valence-corrected chi connectivity index (χ4v) is 2.47. The molecule has 0 aliphatic heterocycles. The van der Waals surface area contributed by atoms with E-state index in [2.05, 4.69) is 6.92 Å². The van der Waals surface area contributed by atoms with E-state index in [0.717, 1.165) is 6.42 Å². The van der Waals surface area contributed by atoms with E-state index < -0.39 is 12.2 Å². The normalized spacial score (nSPS) is 14.2. The zero-order chi connectivity index (χ0) is 16.5. The standard InChI is InChI=1S/C18H38O4/c1-2-3-4-5-6-7-8-9-10-11-14-22-16-18(21)13-12-17(20)15-19/h17-21H,2-16H2,1H3. The molecule has 3 N–H and O–H groups in total. The van der Waals surface area contributed by atoms with Gasteiger partial charge in [-0.25, -0.2) is 0 Å². The Bertz CT molecular complexity index is 211. The molecule has 0 amide bonds. The molecule has 0 spiro atoms. The lowest BCUT2D eigenvalue weighted by atomic mass is 10.1. The van der Waals surface area contributed by atoms with Gasteiger partial charge in [0.15, 0.2) is 0 Å². The van der Waals surface area contributed by atoms with Crippen molar-refractivity contribution in [1.82, 2.24) is 0 Å². The summed E-state index contributed by atoms with van der Waals surface area (Å²) in [6.45, 7) is 3.04. The van der Waals surface area contributed by atoms with Crippen LogP contribution in [-0.2, 0) is 4.74 Å². The van der Waals surface area contributed by atoms with Gasteiger partial charge < -0.3 is 20.1 Å². The van der Waals surface area contributed by atoms with Crippen molar-refractivity contribution in [3.05, 3.63) is 0 Å². The van der Waals surface area contributed by atoms with Gasteiger partial charge in [0.1, 0.15) is 0 Å². The van der Waals surface area contributed by atoms with E-state index in [4.69, 9.17) is 9.84 Å². The average Bonchev–Trinajstić information content (AvgIpc) is 2.53. The Balaban J connectivity index is 3.13. The largest absolute Gasteiger partial charge is 0.394 e. The van der Waals surface area contributed by atoms with Gasteiger partial charge >= 0.3 is 0 Å². The van der Waals surface area contributed by atoms with Crippen molar-refractivity contribution in [1.29, 1.82) is 0 Å². The molecule has 0 saturated heterocycles. The molecule has 4 nitrogen and oxygen atoms in total. The summed E-state index contributed by atoms with van der Waals surface area (Å²) < 4.78 is 5.44. The maximum absolute atomic E-state index is 9.64. The molecule has 0 aromatic carbocycles. The Labute approximate surface area is 136 Å². The van der Waals surface area contributed by atoms with Crippen LogP contribution in [0.15, 0.2) is 0 Å². The summed E-state index contributed by atoms with van der Waals surface area (Å²) in [5.41, 5.74) is 0. The lowest BCUT2D eigenvalue weighted by Crippen LogP contribution is -2.20. The summed E-state index contributed by atoms with van der Waals surface area (Å²) in [6, 6.07) is 0. The van der Waals surface area contributed by atoms with Gasteiger partial charge in [-0.05, 0) is 19.3 Å². The molecule has 0 heterocycles. The second kappa shape index (κ2) is 17.2. The van der Waals surface area contributed by atoms with Crippen LogP contribution in [0.1, 0.15) is 84.0 Å². The van der Waals surface area contributed by atoms with Gasteiger partial charge in [0.2, 0.25) is 0 Å². The minimum Gasteiger partial charge on any atom is -0.394 e. The predicted molar refractivity (Wildman–Crippen MR) is 91.0 cm³/mol. The first kappa shape index (κ1) is 21.8. The average molecular weight is 318 g/mol. The first-order valence-corrected chi connectivity index (χ1v) is 9.25. The monoisotopic (exact) mass is 318 g/mol. The Morgan fingerprint density at radius 3 is 1.77 bits per heavy atom. The number of aliphatic hydroxyl groups is 3. The quantitative estimate of drug-likeness (QED) is 0.359. The smallest absolute Gasteiger partial charge is 0.0774 e. The number of rotatable bonds is 17. The SMILES string of the molecule is CCCCCCCCCCCCOCC(O)CCC(O)CO. The Hall–Kier alpha value is -0.160. The number of unbranched alkanes of at least 4 members (excludes halogenated alkanes) is 9. The van der Waals surface area contributed by atoms with E-state index in [1.807, 2.05) is 0 Å². The zero-order valence-corrected chi connectivity index (χ0v) is 14.5. The van der Waals surface area contributed by atoms with Crippen molar-refractivity contribution in [2.24, 2.45) is 0 Å². The van der Waals surface area contributed by atoms with Crippen LogP contribution in [0.2, 0.25) is 0 Å². The number of ether oxygens (including phenoxy) is 1. The minimum atomic E-state index is -0.725. The highest BCUT2D eigenvalue weighted by molar-refractivity contribution is 4.59. The van der Waals surface area contributed by atoms with E-state index in [1.54, 1.807) is 0 Å². The molecular weight excluding hydrogens is 280 g/mol. The van der Waals surface area contributed by atoms with Gasteiger partial charge in [0, 0.05) is 6.61 Å². The van der Waals surface area contributed by atoms with Crippen LogP contribution >= 0.6 is 0 Å². The lowest BCUT2D eigenvalue weighted by Gasteiger charge is -2.13. The van der Waals surface area contributed by atoms with Gasteiger partial charge in [-0.2, -0.15) is 0 Å². The molecule has 0 aliphatic carbocycles. The van der Waals surface area contributed by atoms with E-state index in [1.165, 1.54) is 57.8 Å². The number of hydrogen-bond donors (Lipinski definition) is 3. The molecule has 0 fully saturated rings. The van der Waals surface area contributed by atoms with Crippen LogP contribution in [0.3, 0.4) is 0 Å². The molecule has 0 bridgehead atoms. The van der Waals surface area contributed by atoms with E-state index >= 15 is 0 Å². The Morgan fingerprint density at radius 1 is 0.727 bits per heavy atom. The molecular formula is C18H38O4. The molecule has 0 saturated carbocycles. The number of aliphatic hydroxyl groups excluding tert-OH is 3. The van der Waals surface area contributed by atoms with Crippen LogP contribution in [0.5, 0.6) is 0 Å². The summed E-state index contributed by atoms with van der Waals surface area (Å²) in [6.07, 6.45) is 12.7. The highest BCUT2D eigenvalue weighted by atomic mass is 16.5. The first-order valence-electron chi connectivity index (χ1n) is 9.25. The van der Waals surface area contributed by atoms with Gasteiger partial charge in [0.05, 0.1) is 25.4 Å². The van der Waals surface area contributed by atoms with Crippen molar-refractivity contribution < 1.29 is 20.1 Å². The maximum atomic E-state index is 9.64. The molecule has 134 valence electrons. The highest BCUT2D eigenvalue weighted by Gasteiger charge is 2.08. The molecule has 2 atom stereocenters. The summed E-state index contributed by atoms with van der Waals surface area (Å²) in [5.74, 6) is 0. The van der Waals surface area contributed by atoms with Crippen molar-refractivity contribution in [3.8, 4) is 0 Å². The molecule has 0 aromatic rings. The summed E-state index contributed by atoms with van der Waals surface area (Å²) >= 11 is 0. The minimum absolute atomic E-state index is 0.244. The molecule has 0 aliphatic rings. The van der Waals surface area contributed by atoms with Crippen molar-refractivity contribution in [2.45, 2.75) is 96.2 Å².